The number of amides is 1. The molecule has 0 radical (unpaired) electrons. The first-order chi connectivity index (χ1) is 35.7. The van der Waals surface area contributed by atoms with Gasteiger partial charge in [-0.1, -0.05) is 31.2 Å². The van der Waals surface area contributed by atoms with Crippen LogP contribution in [0.5, 0.6) is 5.75 Å². The molecule has 1 amide bonds. The van der Waals surface area contributed by atoms with Gasteiger partial charge in [-0.25, -0.2) is 27.6 Å². The Bertz CT molecular complexity index is 2890. The molecule has 19 nitrogen and oxygen atoms in total. The van der Waals surface area contributed by atoms with Crippen molar-refractivity contribution in [2.45, 2.75) is 89.6 Å². The van der Waals surface area contributed by atoms with Crippen LogP contribution < -0.4 is 41.2 Å². The minimum absolute atomic E-state index is 0.0632. The van der Waals surface area contributed by atoms with E-state index in [0.717, 1.165) is 43.6 Å². The van der Waals surface area contributed by atoms with Gasteiger partial charge < -0.3 is 45.3 Å². The van der Waals surface area contributed by atoms with E-state index in [9.17, 15) is 23.9 Å². The number of ether oxygens (including phenoxy) is 4. The highest BCUT2D eigenvalue weighted by molar-refractivity contribution is 5.88. The number of rotatable bonds is 21. The number of halogens is 2. The smallest absolute Gasteiger partial charge is 0.416 e. The standard InChI is InChI=1S/C53H66F2N11O8/c1-5-48(36(2)67)66-51(69)65(34-59-66)43-15-13-41(14-16-43)61-23-25-62(26-24-61)42-17-19-44(20-18-42)71-29-38-28-53(73-30-38,45-21-12-40(54)27-46(45)55)32-64-35-63(33-58-64)37(3)74-52(70)60(4)49-11-7-6-9-39(49)31-72-50(68)47(57)10-8-22-56/h6-7,9,11-21,27,33-38,47-48,67H,5,8,10,22-26,28-32,56-57H2,1-4H3/q+1/t36-,37?,38+,47-,48-,53-/m0/s1. The molecule has 2 aromatic heterocycles. The van der Waals surface area contributed by atoms with Crippen LogP contribution in [-0.2, 0) is 37.8 Å². The Morgan fingerprint density at radius 2 is 1.64 bits per heavy atom. The van der Waals surface area contributed by atoms with Crippen LogP contribution in [0.3, 0.4) is 0 Å². The molecule has 1 unspecified atom stereocenters. The highest BCUT2D eigenvalue weighted by atomic mass is 19.1. The Labute approximate surface area is 428 Å². The van der Waals surface area contributed by atoms with Crippen LogP contribution in [0.15, 0.2) is 115 Å². The maximum atomic E-state index is 15.6. The zero-order valence-electron chi connectivity index (χ0n) is 42.2. The van der Waals surface area contributed by atoms with Gasteiger partial charge in [0.05, 0.1) is 36.7 Å². The number of nitrogens with two attached hydrogens (primary N) is 2. The lowest BCUT2D eigenvalue weighted by Crippen LogP contribution is -2.46. The maximum absolute atomic E-state index is 15.6. The number of hydrogen-bond acceptors (Lipinski definition) is 14. The Kier molecular flexibility index (Phi) is 17.1. The van der Waals surface area contributed by atoms with Crippen molar-refractivity contribution in [3.63, 3.8) is 0 Å². The number of anilines is 3. The lowest BCUT2D eigenvalue weighted by atomic mass is 9.87. The molecule has 0 bridgehead atoms. The normalized spacial score (nSPS) is 18.4. The second-order valence-corrected chi connectivity index (χ2v) is 18.9. The highest BCUT2D eigenvalue weighted by Crippen LogP contribution is 2.42. The summed E-state index contributed by atoms with van der Waals surface area (Å²) in [5.74, 6) is -1.49. The zero-order chi connectivity index (χ0) is 52.5. The summed E-state index contributed by atoms with van der Waals surface area (Å²) in [7, 11) is 1.55. The predicted molar refractivity (Wildman–Crippen MR) is 272 cm³/mol. The molecule has 2 fully saturated rings. The van der Waals surface area contributed by atoms with Crippen molar-refractivity contribution in [1.29, 1.82) is 0 Å². The predicted octanol–water partition coefficient (Wildman–Crippen LogP) is 5.37. The third kappa shape index (κ3) is 12.2. The number of aliphatic hydroxyl groups excluding tert-OH is 1. The van der Waals surface area contributed by atoms with E-state index in [0.29, 0.717) is 54.9 Å². The number of nitrogens with zero attached hydrogens (tertiary/aromatic N) is 9. The van der Waals surface area contributed by atoms with Crippen molar-refractivity contribution in [3.05, 3.63) is 143 Å². The lowest BCUT2D eigenvalue weighted by Gasteiger charge is -2.37. The fourth-order valence-electron chi connectivity index (χ4n) is 9.59. The summed E-state index contributed by atoms with van der Waals surface area (Å²) in [6.45, 7) is 9.35. The molecule has 394 valence electrons. The van der Waals surface area contributed by atoms with E-state index in [-0.39, 0.29) is 43.5 Å². The number of hydrogen-bond donors (Lipinski definition) is 3. The van der Waals surface area contributed by atoms with Crippen LogP contribution >= 0.6 is 0 Å². The molecule has 4 heterocycles. The van der Waals surface area contributed by atoms with Crippen LogP contribution in [0.25, 0.3) is 5.69 Å². The SMILES string of the molecule is CC[C@@H]([C@H](C)O)n1ncn(-c2ccc(N3CCN(c4ccc(OC[C@@H]5CO[C@@](Cn6c[n+](C(C)OC(=O)N(C)c7ccccc7COC(=O)[C@@H](N)CCCN)cn6)(c6ccc(F)cc6F)C5)cc4)CC3)cc2)c1=O. The molecule has 4 aromatic carbocycles. The summed E-state index contributed by atoms with van der Waals surface area (Å²) >= 11 is 0. The second kappa shape index (κ2) is 23.8. The number of para-hydroxylation sites is 1. The molecule has 0 aliphatic carbocycles. The van der Waals surface area contributed by atoms with Gasteiger partial charge in [0.1, 0.15) is 48.5 Å². The van der Waals surface area contributed by atoms with Crippen LogP contribution in [0.1, 0.15) is 69.9 Å². The number of aromatic nitrogens is 6. The molecule has 2 saturated heterocycles. The summed E-state index contributed by atoms with van der Waals surface area (Å²) in [6.07, 6.45) is 4.31. The topological polar surface area (TPSA) is 215 Å². The number of aliphatic hydroxyl groups is 1. The molecule has 6 aromatic rings. The molecule has 2 aliphatic heterocycles. The molecule has 6 atom stereocenters. The molecular weight excluding hydrogens is 957 g/mol. The Morgan fingerprint density at radius 1 is 0.959 bits per heavy atom. The minimum atomic E-state index is -1.23. The maximum Gasteiger partial charge on any atom is 0.416 e. The van der Waals surface area contributed by atoms with Gasteiger partial charge in [0.25, 0.3) is 6.33 Å². The van der Waals surface area contributed by atoms with Gasteiger partial charge in [0.15, 0.2) is 0 Å². The van der Waals surface area contributed by atoms with E-state index < -0.39 is 53.7 Å². The van der Waals surface area contributed by atoms with Crippen LogP contribution in [-0.4, -0.2) is 106 Å². The first kappa shape index (κ1) is 53.1. The summed E-state index contributed by atoms with van der Waals surface area (Å²) in [5.41, 5.74) is 14.0. The Hall–Kier alpha value is -7.20. The van der Waals surface area contributed by atoms with Gasteiger partial charge in [0, 0.05) is 79.7 Å². The van der Waals surface area contributed by atoms with Crippen molar-refractivity contribution >= 4 is 29.1 Å². The van der Waals surface area contributed by atoms with Crippen molar-refractivity contribution < 1.29 is 47.0 Å². The summed E-state index contributed by atoms with van der Waals surface area (Å²) in [4.78, 5) is 45.0. The summed E-state index contributed by atoms with van der Waals surface area (Å²) in [6, 6.07) is 25.0. The fourth-order valence-corrected chi connectivity index (χ4v) is 9.59. The van der Waals surface area contributed by atoms with E-state index in [1.54, 1.807) is 60.7 Å². The van der Waals surface area contributed by atoms with E-state index in [2.05, 4.69) is 20.0 Å². The molecule has 21 heteroatoms. The Balaban J connectivity index is 0.844. The zero-order valence-corrected chi connectivity index (χ0v) is 42.2. The quantitative estimate of drug-likeness (QED) is 0.0612. The summed E-state index contributed by atoms with van der Waals surface area (Å²) in [5, 5.41) is 18.9. The third-order valence-electron chi connectivity index (χ3n) is 13.8. The summed E-state index contributed by atoms with van der Waals surface area (Å²) < 4.78 is 59.8. The van der Waals surface area contributed by atoms with Gasteiger partial charge in [-0.2, -0.15) is 9.67 Å². The number of piperazine rings is 1. The van der Waals surface area contributed by atoms with Gasteiger partial charge in [-0.3, -0.25) is 9.69 Å². The van der Waals surface area contributed by atoms with E-state index in [1.165, 1.54) is 38.9 Å². The number of esters is 1. The van der Waals surface area contributed by atoms with Crippen LogP contribution in [0.4, 0.5) is 30.6 Å². The number of carbonyl (C=O) groups excluding carboxylic acids is 2. The number of benzene rings is 4. The monoisotopic (exact) mass is 1020 g/mol. The van der Waals surface area contributed by atoms with Gasteiger partial charge in [-0.15, -0.1) is 4.68 Å². The molecule has 0 saturated carbocycles. The average Bonchev–Trinajstić information content (AvgIpc) is 4.16. The molecule has 5 N–H and O–H groups in total. The van der Waals surface area contributed by atoms with Crippen molar-refractivity contribution in [2.75, 3.05) is 67.7 Å². The molecule has 0 spiro atoms. The van der Waals surface area contributed by atoms with E-state index >= 15 is 4.39 Å². The molecule has 2 aliphatic rings. The first-order valence-corrected chi connectivity index (χ1v) is 25.0. The van der Waals surface area contributed by atoms with Gasteiger partial charge >= 0.3 is 17.8 Å². The van der Waals surface area contributed by atoms with Crippen LogP contribution in [0, 0.1) is 17.6 Å². The fraction of sp³-hybridized carbons (Fsp3) is 0.434. The molecule has 74 heavy (non-hydrogen) atoms. The van der Waals surface area contributed by atoms with Gasteiger partial charge in [0.2, 0.25) is 12.6 Å². The molecule has 8 rings (SSSR count). The van der Waals surface area contributed by atoms with E-state index in [1.807, 2.05) is 55.5 Å². The second-order valence-electron chi connectivity index (χ2n) is 18.9. The van der Waals surface area contributed by atoms with Gasteiger partial charge in [-0.05, 0) is 99.8 Å². The lowest BCUT2D eigenvalue weighted by molar-refractivity contribution is -0.753. The number of carbonyl (C=O) groups is 2. The molecular formula is C53H66F2N11O8+. The largest absolute Gasteiger partial charge is 0.493 e. The minimum Gasteiger partial charge on any atom is -0.493 e. The van der Waals surface area contributed by atoms with Crippen LogP contribution in [0.2, 0.25) is 0 Å². The third-order valence-corrected chi connectivity index (χ3v) is 13.8. The van der Waals surface area contributed by atoms with Crippen molar-refractivity contribution in [1.82, 2.24) is 24.1 Å². The Morgan fingerprint density at radius 3 is 2.30 bits per heavy atom. The van der Waals surface area contributed by atoms with Crippen molar-refractivity contribution in [2.24, 2.45) is 17.4 Å². The highest BCUT2D eigenvalue weighted by Gasteiger charge is 2.46. The van der Waals surface area contributed by atoms with E-state index in [4.69, 9.17) is 30.4 Å². The van der Waals surface area contributed by atoms with Crippen molar-refractivity contribution in [3.8, 4) is 11.4 Å². The average molecular weight is 1020 g/mol. The first-order valence-electron chi connectivity index (χ1n) is 25.0.